The average molecular weight is 347 g/mol. The molecule has 3 aromatic rings. The second kappa shape index (κ2) is 7.31. The van der Waals surface area contributed by atoms with E-state index in [-0.39, 0.29) is 17.4 Å². The molecule has 0 atom stereocenters. The van der Waals surface area contributed by atoms with Gasteiger partial charge in [-0.15, -0.1) is 10.2 Å². The van der Waals surface area contributed by atoms with Crippen LogP contribution in [0.4, 0.5) is 4.39 Å². The minimum absolute atomic E-state index is 0.0541. The predicted molar refractivity (Wildman–Crippen MR) is 86.4 cm³/mol. The Bertz CT molecular complexity index is 833. The van der Waals surface area contributed by atoms with E-state index in [4.69, 9.17) is 9.15 Å². The average Bonchev–Trinajstić information content (AvgIpc) is 3.23. The lowest BCUT2D eigenvalue weighted by Crippen LogP contribution is -2.08. The van der Waals surface area contributed by atoms with Crippen LogP contribution in [0, 0.1) is 5.82 Å². The van der Waals surface area contributed by atoms with Crippen LogP contribution in [0.3, 0.4) is 0 Å². The van der Waals surface area contributed by atoms with Gasteiger partial charge in [-0.25, -0.2) is 4.39 Å². The van der Waals surface area contributed by atoms with Crippen LogP contribution in [0.1, 0.15) is 6.92 Å². The Hall–Kier alpha value is -2.61. The second-order valence-electron chi connectivity index (χ2n) is 4.66. The fourth-order valence-electron chi connectivity index (χ4n) is 2.11. The van der Waals surface area contributed by atoms with Gasteiger partial charge in [0.05, 0.1) is 24.3 Å². The molecule has 1 aromatic carbocycles. The number of aromatic nitrogens is 3. The molecule has 2 aromatic heterocycles. The van der Waals surface area contributed by atoms with E-state index in [9.17, 15) is 9.18 Å². The Labute approximate surface area is 141 Å². The second-order valence-corrected chi connectivity index (χ2v) is 5.61. The molecular formula is C16H14FN3O3S. The number of esters is 1. The van der Waals surface area contributed by atoms with Crippen molar-refractivity contribution in [3.63, 3.8) is 0 Å². The van der Waals surface area contributed by atoms with Crippen molar-refractivity contribution in [3.8, 4) is 17.3 Å². The predicted octanol–water partition coefficient (Wildman–Crippen LogP) is 3.32. The monoisotopic (exact) mass is 347 g/mol. The Morgan fingerprint density at radius 1 is 1.29 bits per heavy atom. The van der Waals surface area contributed by atoms with Gasteiger partial charge in [-0.2, -0.15) is 0 Å². The number of hydrogen-bond acceptors (Lipinski definition) is 6. The van der Waals surface area contributed by atoms with Gasteiger partial charge in [0.1, 0.15) is 5.82 Å². The van der Waals surface area contributed by atoms with Gasteiger partial charge >= 0.3 is 5.97 Å². The molecule has 0 bridgehead atoms. The summed E-state index contributed by atoms with van der Waals surface area (Å²) in [6.07, 6.45) is 1.50. The highest BCUT2D eigenvalue weighted by atomic mass is 32.2. The van der Waals surface area contributed by atoms with Gasteiger partial charge in [0.15, 0.2) is 10.9 Å². The molecule has 6 nitrogen and oxygen atoms in total. The normalized spacial score (nSPS) is 10.8. The largest absolute Gasteiger partial charge is 0.465 e. The van der Waals surface area contributed by atoms with Gasteiger partial charge in [0.25, 0.3) is 0 Å². The number of hydrogen-bond donors (Lipinski definition) is 0. The van der Waals surface area contributed by atoms with Crippen molar-refractivity contribution in [1.82, 2.24) is 14.8 Å². The molecular weight excluding hydrogens is 333 g/mol. The van der Waals surface area contributed by atoms with Crippen molar-refractivity contribution >= 4 is 17.7 Å². The van der Waals surface area contributed by atoms with Gasteiger partial charge in [-0.3, -0.25) is 9.36 Å². The molecule has 0 amide bonds. The molecule has 0 radical (unpaired) electrons. The highest BCUT2D eigenvalue weighted by Gasteiger charge is 2.20. The zero-order valence-electron chi connectivity index (χ0n) is 12.8. The smallest absolute Gasteiger partial charge is 0.316 e. The van der Waals surface area contributed by atoms with E-state index in [1.165, 1.54) is 16.9 Å². The molecule has 2 heterocycles. The van der Waals surface area contributed by atoms with E-state index >= 15 is 0 Å². The van der Waals surface area contributed by atoms with Gasteiger partial charge in [-0.05, 0) is 31.2 Å². The first kappa shape index (κ1) is 16.3. The maximum absolute atomic E-state index is 14.3. The number of rotatable bonds is 6. The number of para-hydroxylation sites is 1. The number of halogens is 1. The first-order valence-electron chi connectivity index (χ1n) is 7.23. The molecule has 0 saturated carbocycles. The maximum atomic E-state index is 14.3. The van der Waals surface area contributed by atoms with E-state index < -0.39 is 5.82 Å². The SMILES string of the molecule is CCOC(=O)CSc1nnc(-c2ccco2)n1-c1ccccc1F. The van der Waals surface area contributed by atoms with Crippen LogP contribution in [-0.4, -0.2) is 33.1 Å². The van der Waals surface area contributed by atoms with Crippen LogP contribution < -0.4 is 0 Å². The van der Waals surface area contributed by atoms with E-state index in [0.29, 0.717) is 23.3 Å². The molecule has 3 rings (SSSR count). The third-order valence-corrected chi connectivity index (χ3v) is 4.00. The molecule has 8 heteroatoms. The van der Waals surface area contributed by atoms with E-state index in [2.05, 4.69) is 10.2 Å². The van der Waals surface area contributed by atoms with E-state index in [1.807, 2.05) is 0 Å². The molecule has 0 N–H and O–H groups in total. The minimum atomic E-state index is -0.428. The highest BCUT2D eigenvalue weighted by Crippen LogP contribution is 2.29. The van der Waals surface area contributed by atoms with Crippen LogP contribution in [0.2, 0.25) is 0 Å². The Morgan fingerprint density at radius 3 is 2.83 bits per heavy atom. The number of thioether (sulfide) groups is 1. The van der Waals surface area contributed by atoms with Crippen LogP contribution in [0.25, 0.3) is 17.3 Å². The molecule has 24 heavy (non-hydrogen) atoms. The quantitative estimate of drug-likeness (QED) is 0.503. The Kier molecular flexibility index (Phi) is 4.95. The number of carbonyl (C=O) groups excluding carboxylic acids is 1. The first-order chi connectivity index (χ1) is 11.7. The van der Waals surface area contributed by atoms with Crippen molar-refractivity contribution < 1.29 is 18.3 Å². The highest BCUT2D eigenvalue weighted by molar-refractivity contribution is 7.99. The number of carbonyl (C=O) groups is 1. The van der Waals surface area contributed by atoms with Crippen molar-refractivity contribution in [3.05, 3.63) is 48.5 Å². The summed E-state index contributed by atoms with van der Waals surface area (Å²) >= 11 is 1.12. The molecule has 0 unspecified atom stereocenters. The van der Waals surface area contributed by atoms with Crippen LogP contribution >= 0.6 is 11.8 Å². The summed E-state index contributed by atoms with van der Waals surface area (Å²) in [4.78, 5) is 11.6. The summed E-state index contributed by atoms with van der Waals surface area (Å²) in [5, 5.41) is 8.52. The molecule has 0 spiro atoms. The topological polar surface area (TPSA) is 70.2 Å². The minimum Gasteiger partial charge on any atom is -0.465 e. The lowest BCUT2D eigenvalue weighted by atomic mass is 10.3. The number of benzene rings is 1. The summed E-state index contributed by atoms with van der Waals surface area (Å²) in [5.41, 5.74) is 0.278. The van der Waals surface area contributed by atoms with Gasteiger partial charge in [-0.1, -0.05) is 23.9 Å². The Morgan fingerprint density at radius 2 is 2.12 bits per heavy atom. The Balaban J connectivity index is 2.01. The standard InChI is InChI=1S/C16H14FN3O3S/c1-2-22-14(21)10-24-16-19-18-15(13-8-5-9-23-13)20(16)12-7-4-3-6-11(12)17/h3-9H,2,10H2,1H3. The summed E-state index contributed by atoms with van der Waals surface area (Å²) in [6, 6.07) is 9.69. The maximum Gasteiger partial charge on any atom is 0.316 e. The van der Waals surface area contributed by atoms with Crippen molar-refractivity contribution in [2.24, 2.45) is 0 Å². The fourth-order valence-corrected chi connectivity index (χ4v) is 2.85. The first-order valence-corrected chi connectivity index (χ1v) is 8.22. The lowest BCUT2D eigenvalue weighted by molar-refractivity contribution is -0.139. The molecule has 0 aliphatic carbocycles. The zero-order valence-corrected chi connectivity index (χ0v) is 13.6. The van der Waals surface area contributed by atoms with E-state index in [0.717, 1.165) is 11.8 Å². The zero-order chi connectivity index (χ0) is 16.9. The number of furan rings is 1. The van der Waals surface area contributed by atoms with Crippen molar-refractivity contribution in [2.75, 3.05) is 12.4 Å². The summed E-state index contributed by atoms with van der Waals surface area (Å²) in [5.74, 6) is 0.0666. The summed E-state index contributed by atoms with van der Waals surface area (Å²) < 4.78 is 26.0. The molecule has 124 valence electrons. The van der Waals surface area contributed by atoms with Gasteiger partial charge in [0.2, 0.25) is 5.82 Å². The number of ether oxygens (including phenoxy) is 1. The van der Waals surface area contributed by atoms with Crippen LogP contribution in [0.5, 0.6) is 0 Å². The third kappa shape index (κ3) is 3.33. The lowest BCUT2D eigenvalue weighted by Gasteiger charge is -2.09. The fraction of sp³-hybridized carbons (Fsp3) is 0.188. The third-order valence-electron chi connectivity index (χ3n) is 3.09. The van der Waals surface area contributed by atoms with Crippen LogP contribution in [0.15, 0.2) is 52.2 Å². The molecule has 0 aliphatic rings. The van der Waals surface area contributed by atoms with Crippen molar-refractivity contribution in [1.29, 1.82) is 0 Å². The molecule has 0 saturated heterocycles. The molecule has 0 fully saturated rings. The summed E-state index contributed by atoms with van der Waals surface area (Å²) in [7, 11) is 0. The van der Waals surface area contributed by atoms with E-state index in [1.54, 1.807) is 37.3 Å². The molecule has 0 aliphatic heterocycles. The van der Waals surface area contributed by atoms with Crippen molar-refractivity contribution in [2.45, 2.75) is 12.1 Å². The number of nitrogens with zero attached hydrogens (tertiary/aromatic N) is 3. The van der Waals surface area contributed by atoms with Gasteiger partial charge < -0.3 is 9.15 Å². The van der Waals surface area contributed by atoms with Gasteiger partial charge in [0, 0.05) is 0 Å². The summed E-state index contributed by atoms with van der Waals surface area (Å²) in [6.45, 7) is 2.04. The van der Waals surface area contributed by atoms with Crippen LogP contribution in [-0.2, 0) is 9.53 Å².